The summed E-state index contributed by atoms with van der Waals surface area (Å²) >= 11 is 0. The van der Waals surface area contributed by atoms with E-state index in [1.807, 2.05) is 66.7 Å². The highest BCUT2D eigenvalue weighted by atomic mass is 16.1. The number of aromatic nitrogens is 1. The molecule has 35 heavy (non-hydrogen) atoms. The molecule has 1 aromatic heterocycles. The van der Waals surface area contributed by atoms with Gasteiger partial charge in [0.15, 0.2) is 5.78 Å². The van der Waals surface area contributed by atoms with Gasteiger partial charge in [0, 0.05) is 33.2 Å². The Morgan fingerprint density at radius 1 is 0.686 bits per heavy atom. The van der Waals surface area contributed by atoms with Crippen LogP contribution in [0, 0.1) is 22.7 Å². The monoisotopic (exact) mass is 447 g/mol. The predicted molar refractivity (Wildman–Crippen MR) is 138 cm³/mol. The van der Waals surface area contributed by atoms with Crippen LogP contribution in [-0.4, -0.2) is 10.4 Å². The first-order valence-electron chi connectivity index (χ1n) is 11.2. The molecule has 0 saturated heterocycles. The summed E-state index contributed by atoms with van der Waals surface area (Å²) in [6.45, 7) is 0. The minimum Gasteiger partial charge on any atom is -0.309 e. The van der Waals surface area contributed by atoms with E-state index in [0.717, 1.165) is 22.3 Å². The van der Waals surface area contributed by atoms with Crippen LogP contribution in [0.1, 0.15) is 21.5 Å². The number of carbonyl (C=O) groups excluding carboxylic acids is 1. The summed E-state index contributed by atoms with van der Waals surface area (Å²) in [7, 11) is 0. The number of nitrogens with zero attached hydrogens (tertiary/aromatic N) is 3. The highest BCUT2D eigenvalue weighted by molar-refractivity contribution is 6.29. The molecule has 4 nitrogen and oxygen atoms in total. The smallest absolute Gasteiger partial charge is 0.194 e. The van der Waals surface area contributed by atoms with E-state index in [4.69, 9.17) is 0 Å². The zero-order valence-corrected chi connectivity index (χ0v) is 18.6. The van der Waals surface area contributed by atoms with Crippen LogP contribution >= 0.6 is 0 Å². The average molecular weight is 447 g/mol. The van der Waals surface area contributed by atoms with Crippen molar-refractivity contribution in [1.82, 2.24) is 4.57 Å². The topological polar surface area (TPSA) is 69.6 Å². The molecule has 1 aliphatic carbocycles. The maximum Gasteiger partial charge on any atom is 0.194 e. The normalized spacial score (nSPS) is 13.7. The molecular formula is C31H17N3O. The van der Waals surface area contributed by atoms with Crippen LogP contribution in [0.15, 0.2) is 108 Å². The van der Waals surface area contributed by atoms with Crippen LogP contribution < -0.4 is 0 Å². The lowest BCUT2D eigenvalue weighted by Crippen LogP contribution is -1.96. The molecule has 4 heteroatoms. The van der Waals surface area contributed by atoms with E-state index in [0.29, 0.717) is 22.3 Å². The standard InChI is InChI=1S/C31H17N3O/c32-18-21(19-33)30-25-9-1-2-10-26(25)31(35)27(30)17-20-13-15-22(16-14-20)34-28-11-5-3-7-23(28)24-8-4-6-12-29(24)34/h1-17H/b27-17-. The summed E-state index contributed by atoms with van der Waals surface area (Å²) in [6, 6.07) is 35.6. The Kier molecular flexibility index (Phi) is 4.66. The first kappa shape index (κ1) is 20.4. The van der Waals surface area contributed by atoms with E-state index >= 15 is 0 Å². The fraction of sp³-hybridized carbons (Fsp3) is 0. The van der Waals surface area contributed by atoms with E-state index < -0.39 is 0 Å². The highest BCUT2D eigenvalue weighted by Gasteiger charge is 2.32. The molecule has 0 saturated carbocycles. The van der Waals surface area contributed by atoms with Crippen LogP contribution in [0.5, 0.6) is 0 Å². The molecule has 0 radical (unpaired) electrons. The molecule has 5 aromatic rings. The van der Waals surface area contributed by atoms with Crippen LogP contribution in [0.4, 0.5) is 0 Å². The number of allylic oxidation sites excluding steroid dienone is 3. The van der Waals surface area contributed by atoms with Gasteiger partial charge >= 0.3 is 0 Å². The first-order chi connectivity index (χ1) is 17.2. The first-order valence-corrected chi connectivity index (χ1v) is 11.2. The quantitative estimate of drug-likeness (QED) is 0.219. The third-order valence-corrected chi connectivity index (χ3v) is 6.47. The molecule has 0 atom stereocenters. The Morgan fingerprint density at radius 2 is 1.23 bits per heavy atom. The second kappa shape index (κ2) is 7.99. The second-order valence-corrected chi connectivity index (χ2v) is 8.37. The van der Waals surface area contributed by atoms with Gasteiger partial charge in [-0.25, -0.2) is 0 Å². The number of fused-ring (bicyclic) bond motifs is 4. The third-order valence-electron chi connectivity index (χ3n) is 6.47. The van der Waals surface area contributed by atoms with Crippen LogP contribution in [0.2, 0.25) is 0 Å². The maximum atomic E-state index is 13.2. The molecule has 1 aliphatic rings. The van der Waals surface area contributed by atoms with Crippen molar-refractivity contribution in [1.29, 1.82) is 10.5 Å². The largest absolute Gasteiger partial charge is 0.309 e. The van der Waals surface area contributed by atoms with E-state index in [1.54, 1.807) is 24.3 Å². The molecule has 0 amide bonds. The Balaban J connectivity index is 1.49. The zero-order valence-electron chi connectivity index (χ0n) is 18.6. The van der Waals surface area contributed by atoms with Crippen molar-refractivity contribution >= 4 is 39.2 Å². The number of benzene rings is 4. The summed E-state index contributed by atoms with van der Waals surface area (Å²) in [5.41, 5.74) is 5.93. The van der Waals surface area contributed by atoms with Crippen molar-refractivity contribution in [3.8, 4) is 17.8 Å². The number of Topliss-reactive ketones (excluding diaryl/α,β-unsaturated/α-hetero) is 1. The van der Waals surface area contributed by atoms with Crippen molar-refractivity contribution in [2.45, 2.75) is 0 Å². The van der Waals surface area contributed by atoms with E-state index in [2.05, 4.69) is 28.8 Å². The minimum absolute atomic E-state index is 0.0588. The van der Waals surface area contributed by atoms with Crippen molar-refractivity contribution in [2.75, 3.05) is 0 Å². The van der Waals surface area contributed by atoms with Crippen molar-refractivity contribution in [3.05, 3.63) is 125 Å². The molecule has 0 aliphatic heterocycles. The number of rotatable bonds is 2. The highest BCUT2D eigenvalue weighted by Crippen LogP contribution is 2.40. The van der Waals surface area contributed by atoms with Crippen molar-refractivity contribution in [2.24, 2.45) is 0 Å². The summed E-state index contributed by atoms with van der Waals surface area (Å²) in [4.78, 5) is 13.2. The van der Waals surface area contributed by atoms with E-state index in [1.165, 1.54) is 10.8 Å². The number of nitriles is 2. The van der Waals surface area contributed by atoms with Gasteiger partial charge in [-0.2, -0.15) is 10.5 Å². The van der Waals surface area contributed by atoms with Crippen LogP contribution in [0.3, 0.4) is 0 Å². The number of hydrogen-bond acceptors (Lipinski definition) is 3. The summed E-state index contributed by atoms with van der Waals surface area (Å²) < 4.78 is 2.23. The van der Waals surface area contributed by atoms with E-state index in [-0.39, 0.29) is 11.4 Å². The zero-order chi connectivity index (χ0) is 23.9. The van der Waals surface area contributed by atoms with Gasteiger partial charge in [0.25, 0.3) is 0 Å². The molecule has 0 bridgehead atoms. The molecule has 0 unspecified atom stereocenters. The number of carbonyl (C=O) groups is 1. The van der Waals surface area contributed by atoms with Crippen molar-refractivity contribution < 1.29 is 4.79 Å². The number of para-hydroxylation sites is 2. The summed E-state index contributed by atoms with van der Waals surface area (Å²) in [5, 5.41) is 21.4. The molecule has 162 valence electrons. The lowest BCUT2D eigenvalue weighted by atomic mass is 9.98. The molecular weight excluding hydrogens is 430 g/mol. The van der Waals surface area contributed by atoms with Gasteiger partial charge in [0.1, 0.15) is 17.7 Å². The fourth-order valence-electron chi connectivity index (χ4n) is 4.93. The summed E-state index contributed by atoms with van der Waals surface area (Å²) in [6.07, 6.45) is 1.77. The van der Waals surface area contributed by atoms with Gasteiger partial charge in [0.2, 0.25) is 0 Å². The lowest BCUT2D eigenvalue weighted by Gasteiger charge is -2.08. The lowest BCUT2D eigenvalue weighted by molar-refractivity contribution is 0.104. The Bertz CT molecular complexity index is 1750. The molecule has 0 N–H and O–H groups in total. The SMILES string of the molecule is N#CC(C#N)=C1/C(=C/c2ccc(-n3c4ccccc4c4ccccc43)cc2)C(=O)c2ccccc21. The van der Waals surface area contributed by atoms with Crippen LogP contribution in [-0.2, 0) is 0 Å². The van der Waals surface area contributed by atoms with Gasteiger partial charge in [0.05, 0.1) is 11.0 Å². The Morgan fingerprint density at radius 3 is 1.83 bits per heavy atom. The van der Waals surface area contributed by atoms with Gasteiger partial charge in [-0.1, -0.05) is 72.8 Å². The average Bonchev–Trinajstić information content (AvgIpc) is 3.38. The maximum absolute atomic E-state index is 13.2. The summed E-state index contributed by atoms with van der Waals surface area (Å²) in [5.74, 6) is -0.176. The second-order valence-electron chi connectivity index (χ2n) is 8.37. The minimum atomic E-state index is -0.176. The molecule has 0 spiro atoms. The fourth-order valence-corrected chi connectivity index (χ4v) is 4.93. The Labute approximate surface area is 201 Å². The predicted octanol–water partition coefficient (Wildman–Crippen LogP) is 6.86. The third kappa shape index (κ3) is 3.09. The number of hydrogen-bond donors (Lipinski definition) is 0. The van der Waals surface area contributed by atoms with Gasteiger partial charge in [-0.05, 0) is 41.5 Å². The Hall–Kier alpha value is -5.19. The van der Waals surface area contributed by atoms with E-state index in [9.17, 15) is 15.3 Å². The molecule has 1 heterocycles. The molecule has 4 aromatic carbocycles. The van der Waals surface area contributed by atoms with Crippen LogP contribution in [0.25, 0.3) is 39.1 Å². The van der Waals surface area contributed by atoms with Crippen molar-refractivity contribution in [3.63, 3.8) is 0 Å². The molecule has 0 fully saturated rings. The van der Waals surface area contributed by atoms with Gasteiger partial charge in [-0.15, -0.1) is 0 Å². The van der Waals surface area contributed by atoms with Gasteiger partial charge < -0.3 is 4.57 Å². The molecule has 6 rings (SSSR count). The number of ketones is 1. The van der Waals surface area contributed by atoms with Gasteiger partial charge in [-0.3, -0.25) is 4.79 Å².